The van der Waals surface area contributed by atoms with E-state index in [2.05, 4.69) is 25.8 Å². The van der Waals surface area contributed by atoms with Crippen LogP contribution in [0.4, 0.5) is 26.2 Å². The van der Waals surface area contributed by atoms with Gasteiger partial charge in [0.2, 0.25) is 5.95 Å². The zero-order chi connectivity index (χ0) is 16.9. The number of halogens is 2. The van der Waals surface area contributed by atoms with E-state index in [9.17, 15) is 8.78 Å². The lowest BCUT2D eigenvalue weighted by atomic mass is 10.1. The molecule has 2 N–H and O–H groups in total. The molecule has 1 aromatic heterocycles. The third-order valence-electron chi connectivity index (χ3n) is 3.31. The van der Waals surface area contributed by atoms with E-state index in [1.54, 1.807) is 0 Å². The fourth-order valence-corrected chi connectivity index (χ4v) is 2.19. The van der Waals surface area contributed by atoms with Crippen LogP contribution in [0.3, 0.4) is 0 Å². The van der Waals surface area contributed by atoms with Crippen LogP contribution in [0.2, 0.25) is 0 Å². The maximum absolute atomic E-state index is 13.7. The molecule has 24 heavy (non-hydrogen) atoms. The fourth-order valence-electron chi connectivity index (χ4n) is 2.19. The van der Waals surface area contributed by atoms with E-state index in [0.29, 0.717) is 6.54 Å². The van der Waals surface area contributed by atoms with Crippen molar-refractivity contribution in [2.75, 3.05) is 10.6 Å². The summed E-state index contributed by atoms with van der Waals surface area (Å²) in [5.41, 5.74) is 1.94. The van der Waals surface area contributed by atoms with Crippen molar-refractivity contribution in [3.05, 3.63) is 71.4 Å². The molecule has 5 nitrogen and oxygen atoms in total. The monoisotopic (exact) mass is 327 g/mol. The van der Waals surface area contributed by atoms with Gasteiger partial charge in [0.1, 0.15) is 17.3 Å². The van der Waals surface area contributed by atoms with Crippen molar-refractivity contribution in [1.29, 1.82) is 0 Å². The number of rotatable bonds is 5. The summed E-state index contributed by atoms with van der Waals surface area (Å²) in [6.07, 6.45) is 1.30. The van der Waals surface area contributed by atoms with Crippen molar-refractivity contribution in [1.82, 2.24) is 15.2 Å². The van der Waals surface area contributed by atoms with E-state index in [1.807, 2.05) is 31.2 Å². The van der Waals surface area contributed by atoms with Crippen LogP contribution in [0.1, 0.15) is 11.1 Å². The van der Waals surface area contributed by atoms with Gasteiger partial charge in [0.25, 0.3) is 0 Å². The Morgan fingerprint density at radius 1 is 1.04 bits per heavy atom. The number of aromatic nitrogens is 3. The first-order chi connectivity index (χ1) is 11.6. The van der Waals surface area contributed by atoms with E-state index < -0.39 is 11.6 Å². The molecule has 0 radical (unpaired) electrons. The van der Waals surface area contributed by atoms with Crippen LogP contribution < -0.4 is 10.6 Å². The highest BCUT2D eigenvalue weighted by Gasteiger charge is 2.10. The van der Waals surface area contributed by atoms with Crippen LogP contribution in [-0.2, 0) is 6.54 Å². The third-order valence-corrected chi connectivity index (χ3v) is 3.31. The van der Waals surface area contributed by atoms with Gasteiger partial charge in [-0.25, -0.2) is 8.78 Å². The molecule has 0 bridgehead atoms. The summed E-state index contributed by atoms with van der Waals surface area (Å²) < 4.78 is 27.3. The lowest BCUT2D eigenvalue weighted by Crippen LogP contribution is -2.07. The average Bonchev–Trinajstić information content (AvgIpc) is 2.57. The molecule has 122 valence electrons. The minimum atomic E-state index is -0.706. The van der Waals surface area contributed by atoms with Crippen LogP contribution in [0.5, 0.6) is 0 Å². The van der Waals surface area contributed by atoms with Gasteiger partial charge in [0.05, 0.1) is 6.20 Å². The summed E-state index contributed by atoms with van der Waals surface area (Å²) in [6.45, 7) is 2.52. The van der Waals surface area contributed by atoms with Gasteiger partial charge in [-0.3, -0.25) is 0 Å². The average molecular weight is 327 g/mol. The van der Waals surface area contributed by atoms with Crippen LogP contribution in [0.15, 0.2) is 48.7 Å². The van der Waals surface area contributed by atoms with E-state index in [1.165, 1.54) is 12.3 Å². The molecule has 2 aromatic carbocycles. The highest BCUT2D eigenvalue weighted by atomic mass is 19.1. The van der Waals surface area contributed by atoms with E-state index >= 15 is 0 Å². The standard InChI is InChI=1S/C17H15F2N5/c1-11-4-2-5-12(8-11)9-20-17-23-15(10-21-24-17)22-16-13(18)6-3-7-14(16)19/h2-8,10H,9H2,1H3,(H2,20,22,23,24). The first-order valence-electron chi connectivity index (χ1n) is 7.32. The molecule has 7 heteroatoms. The van der Waals surface area contributed by atoms with Gasteiger partial charge < -0.3 is 10.6 Å². The van der Waals surface area contributed by atoms with Crippen molar-refractivity contribution in [3.8, 4) is 0 Å². The van der Waals surface area contributed by atoms with Gasteiger partial charge in [-0.15, -0.1) is 5.10 Å². The molecular weight excluding hydrogens is 312 g/mol. The van der Waals surface area contributed by atoms with Crippen molar-refractivity contribution < 1.29 is 8.78 Å². The van der Waals surface area contributed by atoms with Crippen LogP contribution >= 0.6 is 0 Å². The molecule has 1 heterocycles. The molecule has 0 amide bonds. The molecule has 0 saturated carbocycles. The van der Waals surface area contributed by atoms with E-state index in [0.717, 1.165) is 23.3 Å². The topological polar surface area (TPSA) is 62.7 Å². The number of aryl methyl sites for hydroxylation is 1. The Balaban J connectivity index is 1.72. The predicted octanol–water partition coefficient (Wildman–Crippen LogP) is 3.81. The molecule has 3 aromatic rings. The Bertz CT molecular complexity index is 834. The highest BCUT2D eigenvalue weighted by Crippen LogP contribution is 2.21. The largest absolute Gasteiger partial charge is 0.349 e. The SMILES string of the molecule is Cc1cccc(CNc2nncc(Nc3c(F)cccc3F)n2)c1. The van der Waals surface area contributed by atoms with Gasteiger partial charge in [0, 0.05) is 6.54 Å². The van der Waals surface area contributed by atoms with Crippen LogP contribution in [0, 0.1) is 18.6 Å². The first kappa shape index (κ1) is 15.8. The molecule has 3 rings (SSSR count). The summed E-state index contributed by atoms with van der Waals surface area (Å²) in [5, 5.41) is 13.3. The smallest absolute Gasteiger partial charge is 0.244 e. The van der Waals surface area contributed by atoms with E-state index in [4.69, 9.17) is 0 Å². The van der Waals surface area contributed by atoms with Gasteiger partial charge >= 0.3 is 0 Å². The van der Waals surface area contributed by atoms with Gasteiger partial charge in [-0.1, -0.05) is 35.9 Å². The number of benzene rings is 2. The molecule has 0 aliphatic rings. The molecule has 0 spiro atoms. The Morgan fingerprint density at radius 2 is 1.79 bits per heavy atom. The summed E-state index contributed by atoms with van der Waals surface area (Å²) in [6, 6.07) is 11.6. The van der Waals surface area contributed by atoms with Gasteiger partial charge in [0.15, 0.2) is 5.82 Å². The quantitative estimate of drug-likeness (QED) is 0.746. The van der Waals surface area contributed by atoms with Crippen molar-refractivity contribution >= 4 is 17.5 Å². The number of hydrogen-bond donors (Lipinski definition) is 2. The number of nitrogens with zero attached hydrogens (tertiary/aromatic N) is 3. The van der Waals surface area contributed by atoms with Crippen molar-refractivity contribution in [2.45, 2.75) is 13.5 Å². The Kier molecular flexibility index (Phi) is 4.60. The minimum absolute atomic E-state index is 0.195. The molecule has 0 fully saturated rings. The number of hydrogen-bond acceptors (Lipinski definition) is 5. The lowest BCUT2D eigenvalue weighted by molar-refractivity contribution is 0.590. The Hall–Kier alpha value is -3.09. The maximum Gasteiger partial charge on any atom is 0.244 e. The summed E-state index contributed by atoms with van der Waals surface area (Å²) in [4.78, 5) is 4.16. The predicted molar refractivity (Wildman–Crippen MR) is 88.0 cm³/mol. The fraction of sp³-hybridized carbons (Fsp3) is 0.118. The molecule has 0 unspecified atom stereocenters. The Labute approximate surface area is 137 Å². The van der Waals surface area contributed by atoms with Crippen LogP contribution in [0.25, 0.3) is 0 Å². The maximum atomic E-state index is 13.7. The Morgan fingerprint density at radius 3 is 2.54 bits per heavy atom. The van der Waals surface area contributed by atoms with Crippen molar-refractivity contribution in [2.24, 2.45) is 0 Å². The third kappa shape index (κ3) is 3.81. The number of nitrogens with one attached hydrogen (secondary N) is 2. The molecular formula is C17H15F2N5. The normalized spacial score (nSPS) is 10.5. The minimum Gasteiger partial charge on any atom is -0.349 e. The zero-order valence-corrected chi connectivity index (χ0v) is 12.9. The second kappa shape index (κ2) is 6.99. The van der Waals surface area contributed by atoms with Crippen molar-refractivity contribution in [3.63, 3.8) is 0 Å². The second-order valence-electron chi connectivity index (χ2n) is 5.23. The summed E-state index contributed by atoms with van der Waals surface area (Å²) >= 11 is 0. The van der Waals surface area contributed by atoms with Gasteiger partial charge in [-0.2, -0.15) is 10.1 Å². The lowest BCUT2D eigenvalue weighted by Gasteiger charge is -2.09. The molecule has 0 aliphatic carbocycles. The first-order valence-corrected chi connectivity index (χ1v) is 7.32. The summed E-state index contributed by atoms with van der Waals surface area (Å²) in [7, 11) is 0. The molecule has 0 atom stereocenters. The zero-order valence-electron chi connectivity index (χ0n) is 12.9. The highest BCUT2D eigenvalue weighted by molar-refractivity contribution is 5.57. The van der Waals surface area contributed by atoms with Gasteiger partial charge in [-0.05, 0) is 24.6 Å². The van der Waals surface area contributed by atoms with Crippen LogP contribution in [-0.4, -0.2) is 15.2 Å². The molecule has 0 aliphatic heterocycles. The number of para-hydroxylation sites is 1. The number of anilines is 3. The van der Waals surface area contributed by atoms with E-state index in [-0.39, 0.29) is 17.5 Å². The summed E-state index contributed by atoms with van der Waals surface area (Å²) in [5.74, 6) is -0.954. The second-order valence-corrected chi connectivity index (χ2v) is 5.23. The molecule has 0 saturated heterocycles.